The summed E-state index contributed by atoms with van der Waals surface area (Å²) in [6, 6.07) is 6.19. The van der Waals surface area contributed by atoms with Gasteiger partial charge in [-0.05, 0) is 77.6 Å². The largest absolute Gasteiger partial charge is 0.389 e. The van der Waals surface area contributed by atoms with Crippen LogP contribution in [-0.2, 0) is 0 Å². The second-order valence-corrected chi connectivity index (χ2v) is 7.56. The van der Waals surface area contributed by atoms with Gasteiger partial charge in [-0.25, -0.2) is 0 Å². The number of aliphatic hydroxyl groups is 1. The Bertz CT molecular complexity index is 488. The van der Waals surface area contributed by atoms with Crippen LogP contribution in [0.4, 0.5) is 5.69 Å². The molecule has 0 aromatic heterocycles. The number of halogens is 1. The zero-order valence-electron chi connectivity index (χ0n) is 12.3. The van der Waals surface area contributed by atoms with E-state index in [1.54, 1.807) is 6.92 Å². The highest BCUT2D eigenvalue weighted by Gasteiger charge is 2.39. The SMILES string of the molecule is C[C@@H](O)c1ccc(N(C)CC2CC3CCC2C3)c(Br)c1. The minimum absolute atomic E-state index is 0.406. The molecule has 20 heavy (non-hydrogen) atoms. The van der Waals surface area contributed by atoms with Gasteiger partial charge in [0.25, 0.3) is 0 Å². The molecule has 2 bridgehead atoms. The molecule has 2 nitrogen and oxygen atoms in total. The molecule has 2 saturated carbocycles. The van der Waals surface area contributed by atoms with Crippen LogP contribution < -0.4 is 4.90 Å². The summed E-state index contributed by atoms with van der Waals surface area (Å²) in [5, 5.41) is 9.64. The van der Waals surface area contributed by atoms with Gasteiger partial charge in [-0.15, -0.1) is 0 Å². The molecule has 0 saturated heterocycles. The van der Waals surface area contributed by atoms with E-state index in [1.807, 2.05) is 12.1 Å². The van der Waals surface area contributed by atoms with Crippen molar-refractivity contribution >= 4 is 21.6 Å². The molecule has 2 aliphatic carbocycles. The first-order valence-corrected chi connectivity index (χ1v) is 8.52. The molecule has 0 amide bonds. The third kappa shape index (κ3) is 2.75. The Hall–Kier alpha value is -0.540. The first kappa shape index (κ1) is 14.4. The van der Waals surface area contributed by atoms with Gasteiger partial charge in [-0.1, -0.05) is 12.5 Å². The van der Waals surface area contributed by atoms with Crippen LogP contribution in [0.5, 0.6) is 0 Å². The number of hydrogen-bond donors (Lipinski definition) is 1. The lowest BCUT2D eigenvalue weighted by molar-refractivity contribution is 0.199. The van der Waals surface area contributed by atoms with E-state index in [0.29, 0.717) is 0 Å². The molecule has 1 aromatic carbocycles. The van der Waals surface area contributed by atoms with E-state index in [0.717, 1.165) is 34.3 Å². The summed E-state index contributed by atoms with van der Waals surface area (Å²) < 4.78 is 1.08. The maximum Gasteiger partial charge on any atom is 0.0762 e. The molecule has 0 aliphatic heterocycles. The van der Waals surface area contributed by atoms with Gasteiger partial charge in [0.05, 0.1) is 11.8 Å². The molecule has 0 heterocycles. The van der Waals surface area contributed by atoms with Gasteiger partial charge in [0.1, 0.15) is 0 Å². The van der Waals surface area contributed by atoms with E-state index in [1.165, 1.54) is 31.4 Å². The van der Waals surface area contributed by atoms with Crippen LogP contribution in [-0.4, -0.2) is 18.7 Å². The second-order valence-electron chi connectivity index (χ2n) is 6.70. The predicted octanol–water partition coefficient (Wildman–Crippen LogP) is 4.37. The normalized spacial score (nSPS) is 29.7. The summed E-state index contributed by atoms with van der Waals surface area (Å²) in [4.78, 5) is 2.38. The molecule has 4 atom stereocenters. The minimum atomic E-state index is -0.406. The van der Waals surface area contributed by atoms with Crippen molar-refractivity contribution in [3.63, 3.8) is 0 Å². The smallest absolute Gasteiger partial charge is 0.0762 e. The predicted molar refractivity (Wildman–Crippen MR) is 87.0 cm³/mol. The highest BCUT2D eigenvalue weighted by atomic mass is 79.9. The molecule has 1 N–H and O–H groups in total. The fraction of sp³-hybridized carbons (Fsp3) is 0.647. The van der Waals surface area contributed by atoms with E-state index in [9.17, 15) is 5.11 Å². The summed E-state index contributed by atoms with van der Waals surface area (Å²) in [5.74, 6) is 2.86. The van der Waals surface area contributed by atoms with Crippen molar-refractivity contribution in [3.05, 3.63) is 28.2 Å². The number of nitrogens with zero attached hydrogens (tertiary/aromatic N) is 1. The monoisotopic (exact) mass is 337 g/mol. The molecule has 0 radical (unpaired) electrons. The summed E-state index contributed by atoms with van der Waals surface area (Å²) in [7, 11) is 2.19. The van der Waals surface area contributed by atoms with Gasteiger partial charge >= 0.3 is 0 Å². The lowest BCUT2D eigenvalue weighted by atomic mass is 9.88. The average molecular weight is 338 g/mol. The lowest BCUT2D eigenvalue weighted by Gasteiger charge is -2.29. The van der Waals surface area contributed by atoms with E-state index >= 15 is 0 Å². The highest BCUT2D eigenvalue weighted by Crippen LogP contribution is 2.48. The van der Waals surface area contributed by atoms with Crippen LogP contribution >= 0.6 is 15.9 Å². The molecule has 3 rings (SSSR count). The molecule has 1 aromatic rings. The fourth-order valence-corrected chi connectivity index (χ4v) is 4.84. The third-order valence-corrected chi connectivity index (χ3v) is 5.89. The lowest BCUT2D eigenvalue weighted by Crippen LogP contribution is -2.28. The molecular formula is C17H24BrNO. The number of rotatable bonds is 4. The molecular weight excluding hydrogens is 314 g/mol. The summed E-state index contributed by atoms with van der Waals surface area (Å²) >= 11 is 3.65. The quantitative estimate of drug-likeness (QED) is 0.881. The number of hydrogen-bond acceptors (Lipinski definition) is 2. The topological polar surface area (TPSA) is 23.5 Å². The van der Waals surface area contributed by atoms with E-state index in [4.69, 9.17) is 0 Å². The Morgan fingerprint density at radius 2 is 2.15 bits per heavy atom. The second kappa shape index (κ2) is 5.69. The Morgan fingerprint density at radius 1 is 1.35 bits per heavy atom. The van der Waals surface area contributed by atoms with Crippen molar-refractivity contribution < 1.29 is 5.11 Å². The van der Waals surface area contributed by atoms with Crippen molar-refractivity contribution in [2.45, 2.75) is 38.7 Å². The Labute approximate surface area is 130 Å². The van der Waals surface area contributed by atoms with Crippen LogP contribution in [0, 0.1) is 17.8 Å². The van der Waals surface area contributed by atoms with Crippen molar-refractivity contribution in [1.82, 2.24) is 0 Å². The molecule has 2 fully saturated rings. The zero-order chi connectivity index (χ0) is 14.3. The summed E-state index contributed by atoms with van der Waals surface area (Å²) in [6.45, 7) is 2.97. The average Bonchev–Trinajstić information content (AvgIpc) is 3.00. The maximum absolute atomic E-state index is 9.64. The Morgan fingerprint density at radius 3 is 2.70 bits per heavy atom. The van der Waals surface area contributed by atoms with E-state index in [2.05, 4.69) is 33.9 Å². The molecule has 3 unspecified atom stereocenters. The number of fused-ring (bicyclic) bond motifs is 2. The van der Waals surface area contributed by atoms with Gasteiger partial charge in [-0.2, -0.15) is 0 Å². The molecule has 0 spiro atoms. The number of benzene rings is 1. The first-order valence-electron chi connectivity index (χ1n) is 7.73. The molecule has 2 aliphatic rings. The van der Waals surface area contributed by atoms with Gasteiger partial charge in [0.15, 0.2) is 0 Å². The first-order chi connectivity index (χ1) is 9.54. The maximum atomic E-state index is 9.64. The van der Waals surface area contributed by atoms with Crippen molar-refractivity contribution in [3.8, 4) is 0 Å². The van der Waals surface area contributed by atoms with Crippen LogP contribution in [0.1, 0.15) is 44.3 Å². The number of anilines is 1. The van der Waals surface area contributed by atoms with Gasteiger partial charge < -0.3 is 10.0 Å². The van der Waals surface area contributed by atoms with Crippen LogP contribution in [0.25, 0.3) is 0 Å². The highest BCUT2D eigenvalue weighted by molar-refractivity contribution is 9.10. The molecule has 110 valence electrons. The summed E-state index contributed by atoms with van der Waals surface area (Å²) in [6.07, 6.45) is 5.42. The standard InChI is InChI=1S/C17H24BrNO/c1-11(20)13-5-6-17(16(18)9-13)19(2)10-15-8-12-3-4-14(15)7-12/h5-6,9,11-12,14-15,20H,3-4,7-8,10H2,1-2H3/t11-,12?,14?,15?/m1/s1. The van der Waals surface area contributed by atoms with E-state index in [-0.39, 0.29) is 0 Å². The Kier molecular flexibility index (Phi) is 4.09. The van der Waals surface area contributed by atoms with Crippen molar-refractivity contribution in [2.75, 3.05) is 18.5 Å². The van der Waals surface area contributed by atoms with Gasteiger partial charge in [0.2, 0.25) is 0 Å². The van der Waals surface area contributed by atoms with E-state index < -0.39 is 6.10 Å². The van der Waals surface area contributed by atoms with Crippen LogP contribution in [0.3, 0.4) is 0 Å². The Balaban J connectivity index is 1.69. The van der Waals surface area contributed by atoms with Gasteiger partial charge in [0, 0.05) is 18.1 Å². The van der Waals surface area contributed by atoms with Crippen molar-refractivity contribution in [1.29, 1.82) is 0 Å². The number of aliphatic hydroxyl groups excluding tert-OH is 1. The van der Waals surface area contributed by atoms with Gasteiger partial charge in [-0.3, -0.25) is 0 Å². The fourth-order valence-electron chi connectivity index (χ4n) is 4.14. The summed E-state index contributed by atoms with van der Waals surface area (Å²) in [5.41, 5.74) is 2.20. The van der Waals surface area contributed by atoms with Crippen LogP contribution in [0.15, 0.2) is 22.7 Å². The van der Waals surface area contributed by atoms with Crippen molar-refractivity contribution in [2.24, 2.45) is 17.8 Å². The minimum Gasteiger partial charge on any atom is -0.389 e. The third-order valence-electron chi connectivity index (χ3n) is 5.26. The van der Waals surface area contributed by atoms with Crippen LogP contribution in [0.2, 0.25) is 0 Å². The zero-order valence-corrected chi connectivity index (χ0v) is 13.9. The molecule has 3 heteroatoms.